The quantitative estimate of drug-likeness (QED) is 0.435. The van der Waals surface area contributed by atoms with E-state index in [0.717, 1.165) is 22.4 Å². The van der Waals surface area contributed by atoms with Gasteiger partial charge >= 0.3 is 0 Å². The third-order valence-corrected chi connectivity index (χ3v) is 6.17. The molecule has 0 saturated carbocycles. The monoisotopic (exact) mass is 458 g/mol. The van der Waals surface area contributed by atoms with E-state index in [4.69, 9.17) is 16.3 Å². The van der Waals surface area contributed by atoms with Crippen molar-refractivity contribution in [2.75, 3.05) is 11.1 Å². The molecule has 0 aliphatic rings. The van der Waals surface area contributed by atoms with Gasteiger partial charge < -0.3 is 14.6 Å². The lowest BCUT2D eigenvalue weighted by Crippen LogP contribution is -2.16. The molecule has 3 rings (SSSR count). The molecule has 1 aromatic heterocycles. The first-order chi connectivity index (χ1) is 14.8. The number of carbonyl (C=O) groups excluding carboxylic acids is 1. The number of benzene rings is 2. The molecule has 0 spiro atoms. The lowest BCUT2D eigenvalue weighted by atomic mass is 10.1. The lowest BCUT2D eigenvalue weighted by molar-refractivity contribution is -0.113. The van der Waals surface area contributed by atoms with Gasteiger partial charge in [0.1, 0.15) is 5.75 Å². The molecule has 0 radical (unpaired) electrons. The normalized spacial score (nSPS) is 11.9. The van der Waals surface area contributed by atoms with Crippen LogP contribution in [0.4, 0.5) is 5.69 Å². The second-order valence-electron chi connectivity index (χ2n) is 7.38. The van der Waals surface area contributed by atoms with Crippen molar-refractivity contribution in [1.82, 2.24) is 14.8 Å². The van der Waals surface area contributed by atoms with E-state index in [1.807, 2.05) is 75.6 Å². The largest absolute Gasteiger partial charge is 0.481 e. The van der Waals surface area contributed by atoms with Gasteiger partial charge in [0.25, 0.3) is 0 Å². The first-order valence-electron chi connectivity index (χ1n) is 10.1. The molecule has 1 N–H and O–H groups in total. The zero-order chi connectivity index (χ0) is 22.5. The van der Waals surface area contributed by atoms with E-state index in [2.05, 4.69) is 15.5 Å². The molecule has 0 aliphatic heterocycles. The van der Waals surface area contributed by atoms with Crippen molar-refractivity contribution in [3.05, 3.63) is 63.9 Å². The number of aryl methyl sites for hydroxylation is 3. The summed E-state index contributed by atoms with van der Waals surface area (Å²) in [6.07, 6.45) is -0.343. The van der Waals surface area contributed by atoms with Gasteiger partial charge in [-0.1, -0.05) is 47.6 Å². The second kappa shape index (κ2) is 10.2. The van der Waals surface area contributed by atoms with Crippen LogP contribution < -0.4 is 10.1 Å². The molecular formula is C23H27ClN4O2S. The van der Waals surface area contributed by atoms with E-state index in [9.17, 15) is 4.79 Å². The molecule has 1 heterocycles. The van der Waals surface area contributed by atoms with Gasteiger partial charge in [-0.3, -0.25) is 4.79 Å². The van der Waals surface area contributed by atoms with Crippen LogP contribution in [0.2, 0.25) is 5.02 Å². The van der Waals surface area contributed by atoms with E-state index < -0.39 is 0 Å². The van der Waals surface area contributed by atoms with Gasteiger partial charge in [0, 0.05) is 12.2 Å². The molecule has 6 nitrogen and oxygen atoms in total. The average Bonchev–Trinajstić information content (AvgIpc) is 3.15. The van der Waals surface area contributed by atoms with Crippen molar-refractivity contribution in [1.29, 1.82) is 0 Å². The van der Waals surface area contributed by atoms with Crippen LogP contribution in [-0.2, 0) is 11.3 Å². The number of carbonyl (C=O) groups is 1. The number of nitrogens with one attached hydrogen (secondary N) is 1. The fourth-order valence-electron chi connectivity index (χ4n) is 3.27. The molecule has 1 amide bonds. The molecule has 0 bridgehead atoms. The van der Waals surface area contributed by atoms with Crippen molar-refractivity contribution >= 4 is 35.0 Å². The number of anilines is 1. The van der Waals surface area contributed by atoms with Gasteiger partial charge in [-0.15, -0.1) is 10.2 Å². The first-order valence-corrected chi connectivity index (χ1v) is 11.5. The Labute approximate surface area is 192 Å². The summed E-state index contributed by atoms with van der Waals surface area (Å²) in [5.74, 6) is 1.47. The predicted molar refractivity (Wildman–Crippen MR) is 126 cm³/mol. The van der Waals surface area contributed by atoms with Crippen molar-refractivity contribution in [2.24, 2.45) is 0 Å². The Kier molecular flexibility index (Phi) is 7.62. The Morgan fingerprint density at radius 3 is 2.58 bits per heavy atom. The van der Waals surface area contributed by atoms with E-state index >= 15 is 0 Å². The Hall–Kier alpha value is -2.51. The summed E-state index contributed by atoms with van der Waals surface area (Å²) >= 11 is 7.62. The number of para-hydroxylation sites is 1. The van der Waals surface area contributed by atoms with E-state index in [1.165, 1.54) is 11.8 Å². The number of aromatic nitrogens is 3. The third kappa shape index (κ3) is 5.60. The molecule has 8 heteroatoms. The van der Waals surface area contributed by atoms with Crippen LogP contribution in [0.1, 0.15) is 42.5 Å². The van der Waals surface area contributed by atoms with Gasteiger partial charge in [0.2, 0.25) is 5.91 Å². The van der Waals surface area contributed by atoms with Crippen molar-refractivity contribution < 1.29 is 9.53 Å². The Balaban J connectivity index is 1.68. The standard InChI is InChI=1S/C23H27ClN4O2S/c1-6-28-22(17(5)30-19-12-14(2)10-11-18(19)24)26-27-23(28)31-13-20(29)25-21-15(3)8-7-9-16(21)4/h7-12,17H,6,13H2,1-5H3,(H,25,29). The van der Waals surface area contributed by atoms with Crippen molar-refractivity contribution in [2.45, 2.75) is 52.4 Å². The minimum Gasteiger partial charge on any atom is -0.481 e. The minimum absolute atomic E-state index is 0.0783. The Bertz CT molecular complexity index is 1060. The maximum Gasteiger partial charge on any atom is 0.234 e. The summed E-state index contributed by atoms with van der Waals surface area (Å²) in [5.41, 5.74) is 4.01. The average molecular weight is 459 g/mol. The number of thioether (sulfide) groups is 1. The molecule has 31 heavy (non-hydrogen) atoms. The van der Waals surface area contributed by atoms with E-state index in [1.54, 1.807) is 0 Å². The summed E-state index contributed by atoms with van der Waals surface area (Å²) in [7, 11) is 0. The second-order valence-corrected chi connectivity index (χ2v) is 8.73. The van der Waals surface area contributed by atoms with Gasteiger partial charge in [-0.25, -0.2) is 0 Å². The van der Waals surface area contributed by atoms with Gasteiger partial charge in [0.05, 0.1) is 10.8 Å². The summed E-state index contributed by atoms with van der Waals surface area (Å²) < 4.78 is 8.02. The molecule has 2 aromatic carbocycles. The number of nitrogens with zero attached hydrogens (tertiary/aromatic N) is 3. The molecule has 0 saturated heterocycles. The van der Waals surface area contributed by atoms with Crippen LogP contribution in [0.25, 0.3) is 0 Å². The van der Waals surface area contributed by atoms with Crippen LogP contribution in [0.15, 0.2) is 41.6 Å². The Morgan fingerprint density at radius 2 is 1.90 bits per heavy atom. The van der Waals surface area contributed by atoms with E-state index in [-0.39, 0.29) is 17.8 Å². The number of amides is 1. The molecule has 1 unspecified atom stereocenters. The van der Waals surface area contributed by atoms with Crippen LogP contribution in [0.5, 0.6) is 5.75 Å². The van der Waals surface area contributed by atoms with Gasteiger partial charge in [-0.2, -0.15) is 0 Å². The highest BCUT2D eigenvalue weighted by Gasteiger charge is 2.20. The zero-order valence-electron chi connectivity index (χ0n) is 18.4. The summed E-state index contributed by atoms with van der Waals surface area (Å²) in [5, 5.41) is 12.8. The summed E-state index contributed by atoms with van der Waals surface area (Å²) in [4.78, 5) is 12.5. The van der Waals surface area contributed by atoms with Crippen LogP contribution in [-0.4, -0.2) is 26.4 Å². The van der Waals surface area contributed by atoms with Crippen LogP contribution in [0.3, 0.4) is 0 Å². The Morgan fingerprint density at radius 1 is 1.19 bits per heavy atom. The molecule has 3 aromatic rings. The highest BCUT2D eigenvalue weighted by Crippen LogP contribution is 2.30. The molecule has 1 atom stereocenters. The maximum absolute atomic E-state index is 12.5. The lowest BCUT2D eigenvalue weighted by Gasteiger charge is -2.17. The maximum atomic E-state index is 12.5. The van der Waals surface area contributed by atoms with Gasteiger partial charge in [-0.05, 0) is 63.4 Å². The molecule has 0 aliphatic carbocycles. The van der Waals surface area contributed by atoms with Crippen molar-refractivity contribution in [3.8, 4) is 5.75 Å². The minimum atomic E-state index is -0.343. The fraction of sp³-hybridized carbons (Fsp3) is 0.348. The van der Waals surface area contributed by atoms with Gasteiger partial charge in [0.15, 0.2) is 17.1 Å². The SMILES string of the molecule is CCn1c(SCC(=O)Nc2c(C)cccc2C)nnc1C(C)Oc1cc(C)ccc1Cl. The predicted octanol–water partition coefficient (Wildman–Crippen LogP) is 5.75. The molecule has 164 valence electrons. The topological polar surface area (TPSA) is 69.0 Å². The number of hydrogen-bond donors (Lipinski definition) is 1. The van der Waals surface area contributed by atoms with Crippen molar-refractivity contribution in [3.63, 3.8) is 0 Å². The smallest absolute Gasteiger partial charge is 0.234 e. The fourth-order valence-corrected chi connectivity index (χ4v) is 4.24. The number of halogens is 1. The highest BCUT2D eigenvalue weighted by atomic mass is 35.5. The number of rotatable bonds is 8. The van der Waals surface area contributed by atoms with Crippen LogP contribution >= 0.6 is 23.4 Å². The molecule has 0 fully saturated rings. The first kappa shape index (κ1) is 23.2. The number of ether oxygens (including phenoxy) is 1. The van der Waals surface area contributed by atoms with Crippen LogP contribution in [0, 0.1) is 20.8 Å². The zero-order valence-corrected chi connectivity index (χ0v) is 20.0. The summed E-state index contributed by atoms with van der Waals surface area (Å²) in [6.45, 7) is 10.5. The van der Waals surface area contributed by atoms with E-state index in [0.29, 0.717) is 28.3 Å². The third-order valence-electron chi connectivity index (χ3n) is 4.89. The highest BCUT2D eigenvalue weighted by molar-refractivity contribution is 7.99. The number of hydrogen-bond acceptors (Lipinski definition) is 5. The summed E-state index contributed by atoms with van der Waals surface area (Å²) in [6, 6.07) is 11.6. The molecular weight excluding hydrogens is 432 g/mol.